The number of ether oxygens (including phenoxy) is 1. The third kappa shape index (κ3) is 5.57. The molecule has 1 aliphatic carbocycles. The van der Waals surface area contributed by atoms with Crippen molar-refractivity contribution in [1.29, 1.82) is 0 Å². The van der Waals surface area contributed by atoms with Crippen LogP contribution < -0.4 is 5.32 Å². The first-order valence-electron chi connectivity index (χ1n) is 11.6. The van der Waals surface area contributed by atoms with Gasteiger partial charge in [-0.3, -0.25) is 9.59 Å². The van der Waals surface area contributed by atoms with E-state index in [-0.39, 0.29) is 31.4 Å². The number of piperidine rings is 1. The molecule has 4 rings (SSSR count). The third-order valence-corrected chi connectivity index (χ3v) is 6.53. The normalized spacial score (nSPS) is 15.0. The third-order valence-electron chi connectivity index (χ3n) is 6.53. The molecule has 0 atom stereocenters. The highest BCUT2D eigenvalue weighted by Gasteiger charge is 2.29. The van der Waals surface area contributed by atoms with Gasteiger partial charge in [-0.2, -0.15) is 0 Å². The van der Waals surface area contributed by atoms with E-state index < -0.39 is 12.1 Å². The van der Waals surface area contributed by atoms with Crippen molar-refractivity contribution in [2.45, 2.75) is 31.6 Å². The van der Waals surface area contributed by atoms with Gasteiger partial charge >= 0.3 is 12.1 Å². The van der Waals surface area contributed by atoms with E-state index in [2.05, 4.69) is 41.4 Å². The number of nitrogens with zero attached hydrogens (tertiary/aromatic N) is 1. The van der Waals surface area contributed by atoms with E-state index in [9.17, 15) is 14.4 Å². The minimum atomic E-state index is -0.784. The van der Waals surface area contributed by atoms with E-state index in [4.69, 9.17) is 9.84 Å². The molecule has 2 aliphatic rings. The maximum absolute atomic E-state index is 12.3. The van der Waals surface area contributed by atoms with Crippen LogP contribution in [0.15, 0.2) is 48.5 Å². The fourth-order valence-corrected chi connectivity index (χ4v) is 4.72. The lowest BCUT2D eigenvalue weighted by molar-refractivity contribution is -0.137. The molecule has 0 saturated carbocycles. The number of likely N-dealkylation sites (tertiary alicyclic amines) is 1. The van der Waals surface area contributed by atoms with Crippen LogP contribution >= 0.6 is 0 Å². The van der Waals surface area contributed by atoms with Gasteiger partial charge < -0.3 is 20.1 Å². The first-order valence-corrected chi connectivity index (χ1v) is 11.6. The van der Waals surface area contributed by atoms with Crippen molar-refractivity contribution in [3.63, 3.8) is 0 Å². The Labute approximate surface area is 199 Å². The SMILES string of the molecule is O=C(O)CCC1CCN(C(=O)C#CCNC(=O)OCC2c3ccccc3-c3ccccc32)CC1. The number of alkyl carbamates (subject to hydrolysis) is 1. The predicted molar refractivity (Wildman–Crippen MR) is 127 cm³/mol. The van der Waals surface area contributed by atoms with Gasteiger partial charge in [-0.1, -0.05) is 54.5 Å². The fourth-order valence-electron chi connectivity index (χ4n) is 4.72. The Morgan fingerprint density at radius 2 is 1.62 bits per heavy atom. The van der Waals surface area contributed by atoms with Gasteiger partial charge in [0.2, 0.25) is 0 Å². The maximum atomic E-state index is 12.3. The van der Waals surface area contributed by atoms with Crippen LogP contribution in [0, 0.1) is 17.8 Å². The molecule has 7 heteroatoms. The quantitative estimate of drug-likeness (QED) is 0.642. The Morgan fingerprint density at radius 3 is 2.24 bits per heavy atom. The number of carbonyl (C=O) groups excluding carboxylic acids is 2. The Morgan fingerprint density at radius 1 is 1.00 bits per heavy atom. The molecular weight excluding hydrogens is 432 g/mol. The predicted octanol–water partition coefficient (Wildman–Crippen LogP) is 3.63. The Kier molecular flexibility index (Phi) is 7.48. The Balaban J connectivity index is 1.20. The summed E-state index contributed by atoms with van der Waals surface area (Å²) in [6.45, 7) is 1.41. The summed E-state index contributed by atoms with van der Waals surface area (Å²) in [5.41, 5.74) is 4.63. The number of carboxylic acids is 1. The minimum absolute atomic E-state index is 0.00996. The molecule has 2 amide bonds. The molecule has 2 aromatic carbocycles. The van der Waals surface area contributed by atoms with E-state index in [1.807, 2.05) is 24.3 Å². The average Bonchev–Trinajstić information content (AvgIpc) is 3.18. The smallest absolute Gasteiger partial charge is 0.407 e. The minimum Gasteiger partial charge on any atom is -0.481 e. The lowest BCUT2D eigenvalue weighted by Gasteiger charge is -2.30. The maximum Gasteiger partial charge on any atom is 0.407 e. The second kappa shape index (κ2) is 10.9. The number of hydrogen-bond donors (Lipinski definition) is 2. The zero-order valence-electron chi connectivity index (χ0n) is 19.0. The Hall–Kier alpha value is -3.79. The van der Waals surface area contributed by atoms with Gasteiger partial charge in [0, 0.05) is 25.4 Å². The summed E-state index contributed by atoms with van der Waals surface area (Å²) in [6, 6.07) is 16.3. The van der Waals surface area contributed by atoms with Gasteiger partial charge in [0.25, 0.3) is 5.91 Å². The van der Waals surface area contributed by atoms with E-state index in [0.717, 1.165) is 24.0 Å². The topological polar surface area (TPSA) is 95.9 Å². The molecule has 2 aromatic rings. The van der Waals surface area contributed by atoms with Crippen molar-refractivity contribution in [1.82, 2.24) is 10.2 Å². The van der Waals surface area contributed by atoms with Gasteiger partial charge in [-0.25, -0.2) is 4.79 Å². The molecule has 176 valence electrons. The number of carboxylic acid groups (broad SMARTS) is 1. The number of benzene rings is 2. The van der Waals surface area contributed by atoms with E-state index in [1.165, 1.54) is 11.1 Å². The molecule has 1 heterocycles. The van der Waals surface area contributed by atoms with Crippen molar-refractivity contribution >= 4 is 18.0 Å². The number of aliphatic carboxylic acids is 1. The van der Waals surface area contributed by atoms with Crippen LogP contribution in [0.5, 0.6) is 0 Å². The van der Waals surface area contributed by atoms with Crippen LogP contribution in [-0.2, 0) is 14.3 Å². The number of amides is 2. The number of nitrogens with one attached hydrogen (secondary N) is 1. The summed E-state index contributed by atoms with van der Waals surface area (Å²) < 4.78 is 5.46. The number of carbonyl (C=O) groups is 3. The van der Waals surface area contributed by atoms with Crippen molar-refractivity contribution in [3.05, 3.63) is 59.7 Å². The second-order valence-electron chi connectivity index (χ2n) is 8.65. The summed E-state index contributed by atoms with van der Waals surface area (Å²) in [6.07, 6.45) is 1.83. The van der Waals surface area contributed by atoms with Crippen LogP contribution in [0.1, 0.15) is 42.7 Å². The van der Waals surface area contributed by atoms with Gasteiger partial charge in [0.1, 0.15) is 6.61 Å². The van der Waals surface area contributed by atoms with Crippen LogP contribution in [0.25, 0.3) is 11.1 Å². The highest BCUT2D eigenvalue weighted by molar-refractivity contribution is 5.93. The summed E-state index contributed by atoms with van der Waals surface area (Å²) in [5, 5.41) is 11.4. The van der Waals surface area contributed by atoms with E-state index >= 15 is 0 Å². The van der Waals surface area contributed by atoms with Crippen LogP contribution in [0.4, 0.5) is 4.79 Å². The van der Waals surface area contributed by atoms with Crippen molar-refractivity contribution in [3.8, 4) is 23.0 Å². The first kappa shape index (κ1) is 23.4. The largest absolute Gasteiger partial charge is 0.481 e. The van der Waals surface area contributed by atoms with Gasteiger partial charge in [-0.05, 0) is 53.4 Å². The van der Waals surface area contributed by atoms with Crippen LogP contribution in [0.3, 0.4) is 0 Å². The lowest BCUT2D eigenvalue weighted by atomic mass is 9.92. The van der Waals surface area contributed by atoms with Gasteiger partial charge in [0.05, 0.1) is 6.54 Å². The molecule has 1 fully saturated rings. The number of fused-ring (bicyclic) bond motifs is 3. The van der Waals surface area contributed by atoms with E-state index in [0.29, 0.717) is 25.4 Å². The summed E-state index contributed by atoms with van der Waals surface area (Å²) in [5.74, 6) is 4.53. The zero-order chi connectivity index (χ0) is 23.9. The summed E-state index contributed by atoms with van der Waals surface area (Å²) in [7, 11) is 0. The standard InChI is InChI=1S/C27H28N2O5/c30-25(29-16-13-19(14-17-29)11-12-26(31)32)10-5-15-28-27(33)34-18-24-22-8-3-1-6-20(22)21-7-2-4-9-23(21)24/h1-4,6-9,19,24H,11-18H2,(H,28,33)(H,31,32). The highest BCUT2D eigenvalue weighted by Crippen LogP contribution is 2.44. The number of hydrogen-bond acceptors (Lipinski definition) is 4. The highest BCUT2D eigenvalue weighted by atomic mass is 16.5. The molecule has 0 aromatic heterocycles. The van der Waals surface area contributed by atoms with E-state index in [1.54, 1.807) is 4.90 Å². The van der Waals surface area contributed by atoms with Crippen LogP contribution in [0.2, 0.25) is 0 Å². The monoisotopic (exact) mass is 460 g/mol. The average molecular weight is 461 g/mol. The van der Waals surface area contributed by atoms with Gasteiger partial charge in [0.15, 0.2) is 0 Å². The van der Waals surface area contributed by atoms with Crippen molar-refractivity contribution in [2.75, 3.05) is 26.2 Å². The molecule has 2 N–H and O–H groups in total. The molecule has 1 saturated heterocycles. The van der Waals surface area contributed by atoms with Crippen molar-refractivity contribution < 1.29 is 24.2 Å². The fraction of sp³-hybridized carbons (Fsp3) is 0.370. The lowest BCUT2D eigenvalue weighted by Crippen LogP contribution is -2.38. The summed E-state index contributed by atoms with van der Waals surface area (Å²) >= 11 is 0. The summed E-state index contributed by atoms with van der Waals surface area (Å²) in [4.78, 5) is 36.8. The molecule has 7 nitrogen and oxygen atoms in total. The molecule has 1 aliphatic heterocycles. The molecule has 0 unspecified atom stereocenters. The number of rotatable bonds is 6. The second-order valence-corrected chi connectivity index (χ2v) is 8.65. The molecule has 0 radical (unpaired) electrons. The molecule has 0 spiro atoms. The molecule has 34 heavy (non-hydrogen) atoms. The zero-order valence-corrected chi connectivity index (χ0v) is 19.0. The Bertz CT molecular complexity index is 1080. The molecular formula is C27H28N2O5. The van der Waals surface area contributed by atoms with Crippen LogP contribution in [-0.4, -0.2) is 54.2 Å². The van der Waals surface area contributed by atoms with Crippen molar-refractivity contribution in [2.24, 2.45) is 5.92 Å². The van der Waals surface area contributed by atoms with Gasteiger partial charge in [-0.15, -0.1) is 0 Å². The first-order chi connectivity index (χ1) is 16.5. The molecule has 0 bridgehead atoms.